The van der Waals surface area contributed by atoms with E-state index in [1.165, 1.54) is 12.1 Å². The van der Waals surface area contributed by atoms with Crippen molar-refractivity contribution in [2.24, 2.45) is 11.3 Å². The van der Waals surface area contributed by atoms with Gasteiger partial charge in [-0.3, -0.25) is 9.59 Å². The molecular formula is C18H22BrF3N2O2. The van der Waals surface area contributed by atoms with Gasteiger partial charge in [-0.15, -0.1) is 0 Å². The number of halogens is 4. The maximum atomic E-state index is 13.0. The van der Waals surface area contributed by atoms with Gasteiger partial charge in [0.1, 0.15) is 0 Å². The van der Waals surface area contributed by atoms with Crippen LogP contribution in [-0.4, -0.2) is 29.8 Å². The van der Waals surface area contributed by atoms with Crippen molar-refractivity contribution >= 4 is 33.4 Å². The number of nitrogens with zero attached hydrogens (tertiary/aromatic N) is 1. The van der Waals surface area contributed by atoms with Gasteiger partial charge in [0.25, 0.3) is 0 Å². The first kappa shape index (κ1) is 20.7. The molecule has 0 atom stereocenters. The van der Waals surface area contributed by atoms with Gasteiger partial charge in [0, 0.05) is 34.6 Å². The summed E-state index contributed by atoms with van der Waals surface area (Å²) in [7, 11) is 0. The number of alkyl halides is 3. The molecule has 0 radical (unpaired) electrons. The molecule has 0 aliphatic carbocycles. The average molecular weight is 435 g/mol. The van der Waals surface area contributed by atoms with Crippen LogP contribution in [0.2, 0.25) is 0 Å². The fraction of sp³-hybridized carbons (Fsp3) is 0.556. The fourth-order valence-electron chi connectivity index (χ4n) is 2.88. The molecule has 8 heteroatoms. The second kappa shape index (κ2) is 7.58. The van der Waals surface area contributed by atoms with Crippen LogP contribution in [0.3, 0.4) is 0 Å². The van der Waals surface area contributed by atoms with Crippen LogP contribution in [-0.2, 0) is 15.8 Å². The van der Waals surface area contributed by atoms with Crippen molar-refractivity contribution < 1.29 is 22.8 Å². The minimum Gasteiger partial charge on any atom is -0.342 e. The van der Waals surface area contributed by atoms with Crippen molar-refractivity contribution in [2.45, 2.75) is 39.8 Å². The lowest BCUT2D eigenvalue weighted by Gasteiger charge is -2.35. The second-order valence-corrected chi connectivity index (χ2v) is 8.35. The number of carbonyl (C=O) groups is 2. The molecule has 0 spiro atoms. The summed E-state index contributed by atoms with van der Waals surface area (Å²) in [5.41, 5.74) is -1.19. The summed E-state index contributed by atoms with van der Waals surface area (Å²) in [4.78, 5) is 26.4. The number of nitrogens with one attached hydrogen (secondary N) is 1. The molecule has 0 unspecified atom stereocenters. The number of piperidine rings is 1. The van der Waals surface area contributed by atoms with Crippen LogP contribution < -0.4 is 5.32 Å². The van der Waals surface area contributed by atoms with Crippen LogP contribution in [0.4, 0.5) is 18.9 Å². The Labute approximate surface area is 159 Å². The predicted octanol–water partition coefficient (Wildman–Crippen LogP) is 4.69. The van der Waals surface area contributed by atoms with Gasteiger partial charge in [-0.25, -0.2) is 0 Å². The molecule has 1 fully saturated rings. The molecule has 0 aromatic heterocycles. The molecule has 1 N–H and O–H groups in total. The van der Waals surface area contributed by atoms with Gasteiger partial charge in [-0.2, -0.15) is 13.2 Å². The lowest BCUT2D eigenvalue weighted by Crippen LogP contribution is -2.45. The summed E-state index contributed by atoms with van der Waals surface area (Å²) < 4.78 is 38.8. The van der Waals surface area contributed by atoms with Crippen LogP contribution in [0.15, 0.2) is 22.7 Å². The second-order valence-electron chi connectivity index (χ2n) is 7.50. The van der Waals surface area contributed by atoms with E-state index in [0.717, 1.165) is 6.07 Å². The zero-order chi connectivity index (χ0) is 19.7. The van der Waals surface area contributed by atoms with Crippen molar-refractivity contribution in [3.63, 3.8) is 0 Å². The molecule has 1 aromatic rings. The first-order valence-electron chi connectivity index (χ1n) is 8.36. The lowest BCUT2D eigenvalue weighted by molar-refractivity contribution is -0.142. The van der Waals surface area contributed by atoms with Crippen molar-refractivity contribution in [1.82, 2.24) is 4.90 Å². The molecule has 0 saturated carbocycles. The van der Waals surface area contributed by atoms with Crippen LogP contribution >= 0.6 is 15.9 Å². The summed E-state index contributed by atoms with van der Waals surface area (Å²) >= 11 is 2.87. The first-order chi connectivity index (χ1) is 11.9. The third-order valence-electron chi connectivity index (χ3n) is 4.33. The van der Waals surface area contributed by atoms with E-state index >= 15 is 0 Å². The summed E-state index contributed by atoms with van der Waals surface area (Å²) in [6.45, 7) is 6.49. The van der Waals surface area contributed by atoms with Gasteiger partial charge in [-0.05, 0) is 31.0 Å². The number of carbonyl (C=O) groups excluding carboxylic acids is 2. The van der Waals surface area contributed by atoms with Crippen LogP contribution in [0.1, 0.15) is 39.2 Å². The highest BCUT2D eigenvalue weighted by Gasteiger charge is 2.34. The molecule has 2 rings (SSSR count). The van der Waals surface area contributed by atoms with Gasteiger partial charge < -0.3 is 10.2 Å². The standard InChI is InChI=1S/C18H22BrF3N2O2/c1-17(2,3)16(26)24-8-6-11(7-9-24)15(25)23-12-4-5-14(19)13(10-12)18(20,21)22/h4-5,10-11H,6-9H2,1-3H3,(H,23,25). The summed E-state index contributed by atoms with van der Waals surface area (Å²) in [5, 5.41) is 2.56. The molecule has 1 aliphatic heterocycles. The van der Waals surface area contributed by atoms with Crippen LogP contribution in [0.25, 0.3) is 0 Å². The van der Waals surface area contributed by atoms with Crippen LogP contribution in [0.5, 0.6) is 0 Å². The van der Waals surface area contributed by atoms with E-state index < -0.39 is 17.2 Å². The quantitative estimate of drug-likeness (QED) is 0.733. The normalized spacial score (nSPS) is 16.5. The maximum Gasteiger partial charge on any atom is 0.417 e. The monoisotopic (exact) mass is 434 g/mol. The van der Waals surface area contributed by atoms with Gasteiger partial charge in [0.15, 0.2) is 0 Å². The molecule has 2 amide bonds. The number of likely N-dealkylation sites (tertiary alicyclic amines) is 1. The Morgan fingerprint density at radius 2 is 1.73 bits per heavy atom. The molecule has 144 valence electrons. The van der Waals surface area contributed by atoms with E-state index in [0.29, 0.717) is 25.9 Å². The van der Waals surface area contributed by atoms with E-state index in [9.17, 15) is 22.8 Å². The highest BCUT2D eigenvalue weighted by Crippen LogP contribution is 2.36. The zero-order valence-electron chi connectivity index (χ0n) is 14.9. The molecule has 1 heterocycles. The number of amides is 2. The third kappa shape index (κ3) is 4.99. The molecule has 0 bridgehead atoms. The van der Waals surface area contributed by atoms with Crippen molar-refractivity contribution in [1.29, 1.82) is 0 Å². The Morgan fingerprint density at radius 1 is 1.15 bits per heavy atom. The molecule has 4 nitrogen and oxygen atoms in total. The number of rotatable bonds is 2. The molecule has 26 heavy (non-hydrogen) atoms. The molecule has 1 saturated heterocycles. The number of hydrogen-bond acceptors (Lipinski definition) is 2. The average Bonchev–Trinajstić information content (AvgIpc) is 2.54. The fourth-order valence-corrected chi connectivity index (χ4v) is 3.36. The Balaban J connectivity index is 1.99. The molecule has 1 aromatic carbocycles. The van der Waals surface area contributed by atoms with E-state index in [1.807, 2.05) is 20.8 Å². The SMILES string of the molecule is CC(C)(C)C(=O)N1CCC(C(=O)Nc2ccc(Br)c(C(F)(F)F)c2)CC1. The maximum absolute atomic E-state index is 13.0. The number of benzene rings is 1. The van der Waals surface area contributed by atoms with Crippen molar-refractivity contribution in [3.05, 3.63) is 28.2 Å². The lowest BCUT2D eigenvalue weighted by atomic mass is 9.90. The number of anilines is 1. The van der Waals surface area contributed by atoms with Crippen molar-refractivity contribution in [2.75, 3.05) is 18.4 Å². The van der Waals surface area contributed by atoms with Crippen LogP contribution in [0, 0.1) is 11.3 Å². The van der Waals surface area contributed by atoms with Gasteiger partial charge in [-0.1, -0.05) is 36.7 Å². The van der Waals surface area contributed by atoms with E-state index in [2.05, 4.69) is 21.2 Å². The smallest absolute Gasteiger partial charge is 0.342 e. The summed E-state index contributed by atoms with van der Waals surface area (Å²) in [5.74, 6) is -0.598. The highest BCUT2D eigenvalue weighted by atomic mass is 79.9. The van der Waals surface area contributed by atoms with Gasteiger partial charge in [0.2, 0.25) is 11.8 Å². The summed E-state index contributed by atoms with van der Waals surface area (Å²) in [6.07, 6.45) is -3.51. The first-order valence-corrected chi connectivity index (χ1v) is 9.16. The minimum absolute atomic E-state index is 0.0408. The topological polar surface area (TPSA) is 49.4 Å². The summed E-state index contributed by atoms with van der Waals surface area (Å²) in [6, 6.07) is 3.61. The largest absolute Gasteiger partial charge is 0.417 e. The highest BCUT2D eigenvalue weighted by molar-refractivity contribution is 9.10. The Bertz CT molecular complexity index is 691. The Kier molecular flexibility index (Phi) is 6.05. The molecular weight excluding hydrogens is 413 g/mol. The third-order valence-corrected chi connectivity index (χ3v) is 5.03. The van der Waals surface area contributed by atoms with E-state index in [1.54, 1.807) is 4.90 Å². The minimum atomic E-state index is -4.50. The van der Waals surface area contributed by atoms with Gasteiger partial charge in [0.05, 0.1) is 5.56 Å². The Morgan fingerprint density at radius 3 is 2.23 bits per heavy atom. The van der Waals surface area contributed by atoms with Crippen molar-refractivity contribution in [3.8, 4) is 0 Å². The number of hydrogen-bond donors (Lipinski definition) is 1. The van der Waals surface area contributed by atoms with E-state index in [-0.39, 0.29) is 27.9 Å². The van der Waals surface area contributed by atoms with Gasteiger partial charge >= 0.3 is 6.18 Å². The van der Waals surface area contributed by atoms with E-state index in [4.69, 9.17) is 0 Å². The zero-order valence-corrected chi connectivity index (χ0v) is 16.5. The Hall–Kier alpha value is -1.57. The molecule has 1 aliphatic rings. The predicted molar refractivity (Wildman–Crippen MR) is 96.5 cm³/mol.